The SMILES string of the molecule is CC(=O)N1CC(=O)N(c2ccsc2)C[C@@]12CCN(C(=O)Cc1cccc(F)c1)C2. The minimum Gasteiger partial charge on any atom is -0.340 e. The largest absolute Gasteiger partial charge is 0.340 e. The number of carbonyl (C=O) groups excluding carboxylic acids is 3. The fourth-order valence-corrected chi connectivity index (χ4v) is 4.94. The number of likely N-dealkylation sites (tertiary alicyclic amines) is 1. The summed E-state index contributed by atoms with van der Waals surface area (Å²) in [6.45, 7) is 2.72. The van der Waals surface area contributed by atoms with Crippen molar-refractivity contribution in [1.82, 2.24) is 9.80 Å². The lowest BCUT2D eigenvalue weighted by Gasteiger charge is -2.47. The number of hydrogen-bond donors (Lipinski definition) is 0. The third kappa shape index (κ3) is 3.76. The van der Waals surface area contributed by atoms with E-state index < -0.39 is 5.54 Å². The molecule has 8 heteroatoms. The highest BCUT2D eigenvalue weighted by Gasteiger charge is 2.51. The van der Waals surface area contributed by atoms with Gasteiger partial charge in [-0.3, -0.25) is 14.4 Å². The van der Waals surface area contributed by atoms with Gasteiger partial charge in [0, 0.05) is 25.4 Å². The molecule has 0 unspecified atom stereocenters. The van der Waals surface area contributed by atoms with Crippen LogP contribution in [0.2, 0.25) is 0 Å². The number of hydrogen-bond acceptors (Lipinski definition) is 4. The molecular weight excluding hydrogens is 393 g/mol. The number of anilines is 1. The summed E-state index contributed by atoms with van der Waals surface area (Å²) in [6, 6.07) is 7.92. The molecule has 3 heterocycles. The summed E-state index contributed by atoms with van der Waals surface area (Å²) >= 11 is 1.51. The van der Waals surface area contributed by atoms with Crippen molar-refractivity contribution in [2.24, 2.45) is 0 Å². The standard InChI is InChI=1S/C21H22FN3O3S/c1-15(26)25-11-20(28)24(18-5-8-29-12-18)14-21(25)6-7-23(13-21)19(27)10-16-3-2-4-17(22)9-16/h2-5,8-9,12H,6-7,10-11,13-14H2,1H3/t21-/m0/s1. The zero-order chi connectivity index (χ0) is 20.6. The van der Waals surface area contributed by atoms with Crippen molar-refractivity contribution in [3.05, 3.63) is 52.5 Å². The molecule has 29 heavy (non-hydrogen) atoms. The summed E-state index contributed by atoms with van der Waals surface area (Å²) in [7, 11) is 0. The molecule has 2 aliphatic heterocycles. The molecule has 4 rings (SSSR count). The van der Waals surface area contributed by atoms with E-state index in [9.17, 15) is 18.8 Å². The van der Waals surface area contributed by atoms with E-state index in [2.05, 4.69) is 0 Å². The van der Waals surface area contributed by atoms with E-state index in [0.29, 0.717) is 31.6 Å². The average Bonchev–Trinajstić information content (AvgIpc) is 3.34. The summed E-state index contributed by atoms with van der Waals surface area (Å²) in [5.74, 6) is -0.750. The molecule has 2 fully saturated rings. The van der Waals surface area contributed by atoms with Crippen LogP contribution in [-0.4, -0.2) is 59.2 Å². The maximum absolute atomic E-state index is 13.4. The lowest BCUT2D eigenvalue weighted by atomic mass is 9.92. The topological polar surface area (TPSA) is 60.9 Å². The van der Waals surface area contributed by atoms with Crippen LogP contribution in [0, 0.1) is 5.82 Å². The summed E-state index contributed by atoms with van der Waals surface area (Å²) in [5, 5.41) is 3.83. The van der Waals surface area contributed by atoms with Crippen LogP contribution in [0.4, 0.5) is 10.1 Å². The van der Waals surface area contributed by atoms with Gasteiger partial charge in [0.05, 0.1) is 24.2 Å². The summed E-state index contributed by atoms with van der Waals surface area (Å²) in [6.07, 6.45) is 0.719. The van der Waals surface area contributed by atoms with Gasteiger partial charge < -0.3 is 14.7 Å². The molecule has 6 nitrogen and oxygen atoms in total. The molecule has 2 saturated heterocycles. The first-order valence-corrected chi connectivity index (χ1v) is 10.5. The van der Waals surface area contributed by atoms with Crippen molar-refractivity contribution in [2.75, 3.05) is 31.1 Å². The molecule has 1 atom stereocenters. The fourth-order valence-electron chi connectivity index (χ4n) is 4.30. The number of amides is 3. The Morgan fingerprint density at radius 1 is 1.24 bits per heavy atom. The van der Waals surface area contributed by atoms with Crippen molar-refractivity contribution in [2.45, 2.75) is 25.3 Å². The zero-order valence-corrected chi connectivity index (χ0v) is 17.0. The maximum Gasteiger partial charge on any atom is 0.246 e. The second kappa shape index (κ2) is 7.59. The molecule has 0 bridgehead atoms. The Kier molecular flexibility index (Phi) is 5.12. The Morgan fingerprint density at radius 3 is 2.76 bits per heavy atom. The molecule has 3 amide bonds. The zero-order valence-electron chi connectivity index (χ0n) is 16.1. The monoisotopic (exact) mass is 415 g/mol. The number of rotatable bonds is 3. The summed E-state index contributed by atoms with van der Waals surface area (Å²) < 4.78 is 13.4. The van der Waals surface area contributed by atoms with E-state index in [-0.39, 0.29) is 36.5 Å². The second-order valence-electron chi connectivity index (χ2n) is 7.66. The highest BCUT2D eigenvalue weighted by atomic mass is 32.1. The molecule has 0 saturated carbocycles. The molecule has 0 N–H and O–H groups in total. The predicted octanol–water partition coefficient (Wildman–Crippen LogP) is 2.30. The van der Waals surface area contributed by atoms with Crippen molar-refractivity contribution >= 4 is 34.7 Å². The van der Waals surface area contributed by atoms with Crippen molar-refractivity contribution < 1.29 is 18.8 Å². The highest BCUT2D eigenvalue weighted by molar-refractivity contribution is 7.08. The van der Waals surface area contributed by atoms with Gasteiger partial charge in [0.2, 0.25) is 17.7 Å². The van der Waals surface area contributed by atoms with Crippen LogP contribution in [0.1, 0.15) is 18.9 Å². The number of nitrogens with zero attached hydrogens (tertiary/aromatic N) is 3. The van der Waals surface area contributed by atoms with Crippen LogP contribution in [0.5, 0.6) is 0 Å². The maximum atomic E-state index is 13.4. The number of carbonyl (C=O) groups is 3. The van der Waals surface area contributed by atoms with Crippen molar-refractivity contribution in [1.29, 1.82) is 0 Å². The number of thiophene rings is 1. The smallest absolute Gasteiger partial charge is 0.246 e. The van der Waals surface area contributed by atoms with E-state index in [4.69, 9.17) is 0 Å². The van der Waals surface area contributed by atoms with Crippen LogP contribution in [0.15, 0.2) is 41.1 Å². The van der Waals surface area contributed by atoms with Gasteiger partial charge in [-0.2, -0.15) is 11.3 Å². The summed E-state index contributed by atoms with van der Waals surface area (Å²) in [5.41, 5.74) is 0.851. The first-order chi connectivity index (χ1) is 13.9. The third-order valence-corrected chi connectivity index (χ3v) is 6.42. The fraction of sp³-hybridized carbons (Fsp3) is 0.381. The molecule has 0 radical (unpaired) electrons. The molecule has 1 aromatic carbocycles. The average molecular weight is 415 g/mol. The van der Waals surface area contributed by atoms with Gasteiger partial charge in [0.25, 0.3) is 0 Å². The lowest BCUT2D eigenvalue weighted by molar-refractivity contribution is -0.143. The lowest BCUT2D eigenvalue weighted by Crippen LogP contribution is -2.67. The number of benzene rings is 1. The highest BCUT2D eigenvalue weighted by Crippen LogP contribution is 2.35. The molecule has 1 aromatic heterocycles. The van der Waals surface area contributed by atoms with Crippen LogP contribution in [0.25, 0.3) is 0 Å². The van der Waals surface area contributed by atoms with E-state index in [1.807, 2.05) is 16.8 Å². The quantitative estimate of drug-likeness (QED) is 0.773. The third-order valence-electron chi connectivity index (χ3n) is 5.75. The van der Waals surface area contributed by atoms with Gasteiger partial charge in [-0.15, -0.1) is 0 Å². The second-order valence-corrected chi connectivity index (χ2v) is 8.44. The molecule has 2 aliphatic rings. The Balaban J connectivity index is 1.54. The Bertz CT molecular complexity index is 948. The summed E-state index contributed by atoms with van der Waals surface area (Å²) in [4.78, 5) is 42.9. The first kappa shape index (κ1) is 19.6. The molecule has 0 aliphatic carbocycles. The van der Waals surface area contributed by atoms with Crippen molar-refractivity contribution in [3.8, 4) is 0 Å². The van der Waals surface area contributed by atoms with E-state index >= 15 is 0 Å². The Hall–Kier alpha value is -2.74. The minimum absolute atomic E-state index is 0.0110. The van der Waals surface area contributed by atoms with Gasteiger partial charge >= 0.3 is 0 Å². The Labute approximate surface area is 172 Å². The van der Waals surface area contributed by atoms with E-state index in [1.54, 1.807) is 26.8 Å². The Morgan fingerprint density at radius 2 is 2.07 bits per heavy atom. The van der Waals surface area contributed by atoms with Crippen LogP contribution in [-0.2, 0) is 20.8 Å². The van der Waals surface area contributed by atoms with E-state index in [1.165, 1.54) is 30.4 Å². The van der Waals surface area contributed by atoms with Crippen LogP contribution < -0.4 is 4.90 Å². The normalized spacial score (nSPS) is 21.9. The minimum atomic E-state index is -0.598. The van der Waals surface area contributed by atoms with Crippen molar-refractivity contribution in [3.63, 3.8) is 0 Å². The van der Waals surface area contributed by atoms with Gasteiger partial charge in [-0.25, -0.2) is 4.39 Å². The molecule has 1 spiro atoms. The number of piperazine rings is 1. The molecule has 2 aromatic rings. The van der Waals surface area contributed by atoms with Gasteiger partial charge in [-0.1, -0.05) is 12.1 Å². The van der Waals surface area contributed by atoms with Gasteiger partial charge in [0.1, 0.15) is 12.4 Å². The first-order valence-electron chi connectivity index (χ1n) is 9.51. The van der Waals surface area contributed by atoms with E-state index in [0.717, 1.165) is 5.69 Å². The molecule has 152 valence electrons. The number of halogens is 1. The molecular formula is C21H22FN3O3S. The van der Waals surface area contributed by atoms with Crippen LogP contribution in [0.3, 0.4) is 0 Å². The van der Waals surface area contributed by atoms with Gasteiger partial charge in [0.15, 0.2) is 0 Å². The predicted molar refractivity (Wildman–Crippen MR) is 108 cm³/mol. The van der Waals surface area contributed by atoms with Crippen LogP contribution >= 0.6 is 11.3 Å². The van der Waals surface area contributed by atoms with Gasteiger partial charge in [-0.05, 0) is 35.6 Å².